The SMILES string of the molecule is N#C/C(=C(/O)CSc1ncn[nH]1)c1nc2ccccc2[nH]1. The second-order valence-electron chi connectivity index (χ2n) is 4.12. The van der Waals surface area contributed by atoms with Crippen LogP contribution < -0.4 is 0 Å². The number of nitriles is 1. The van der Waals surface area contributed by atoms with Crippen LogP contribution >= 0.6 is 11.8 Å². The molecule has 0 atom stereocenters. The van der Waals surface area contributed by atoms with Crippen molar-refractivity contribution in [3.8, 4) is 6.07 Å². The van der Waals surface area contributed by atoms with E-state index in [0.717, 1.165) is 11.0 Å². The standard InChI is InChI=1S/C13H10N6OS/c14-5-8(11(20)6-21-13-15-7-16-19-13)12-17-9-3-1-2-4-10(9)18-12/h1-4,7,20H,6H2,(H,17,18)(H,15,16,19)/b11-8-. The van der Waals surface area contributed by atoms with E-state index >= 15 is 0 Å². The van der Waals surface area contributed by atoms with E-state index in [1.165, 1.54) is 18.1 Å². The maximum Gasteiger partial charge on any atom is 0.183 e. The number of aromatic nitrogens is 5. The van der Waals surface area contributed by atoms with Gasteiger partial charge in [-0.25, -0.2) is 9.97 Å². The molecule has 3 aromatic rings. The van der Waals surface area contributed by atoms with E-state index in [1.54, 1.807) is 0 Å². The molecule has 0 fully saturated rings. The monoisotopic (exact) mass is 298 g/mol. The molecule has 0 bridgehead atoms. The van der Waals surface area contributed by atoms with Crippen LogP contribution in [0.25, 0.3) is 16.6 Å². The Morgan fingerprint density at radius 1 is 1.38 bits per heavy atom. The number of rotatable bonds is 4. The molecule has 104 valence electrons. The van der Waals surface area contributed by atoms with Crippen molar-refractivity contribution in [2.24, 2.45) is 0 Å². The Hall–Kier alpha value is -2.79. The third-order valence-electron chi connectivity index (χ3n) is 2.77. The van der Waals surface area contributed by atoms with Gasteiger partial charge in [-0.15, -0.1) is 0 Å². The summed E-state index contributed by atoms with van der Waals surface area (Å²) in [4.78, 5) is 11.3. The number of benzene rings is 1. The van der Waals surface area contributed by atoms with Gasteiger partial charge in [0.25, 0.3) is 0 Å². The highest BCUT2D eigenvalue weighted by molar-refractivity contribution is 7.99. The third kappa shape index (κ3) is 2.73. The second-order valence-corrected chi connectivity index (χ2v) is 5.08. The van der Waals surface area contributed by atoms with Crippen molar-refractivity contribution in [3.05, 3.63) is 42.2 Å². The number of hydrogen-bond acceptors (Lipinski definition) is 6. The summed E-state index contributed by atoms with van der Waals surface area (Å²) in [5.41, 5.74) is 1.69. The Bertz CT molecular complexity index is 797. The molecule has 8 heteroatoms. The number of fused-ring (bicyclic) bond motifs is 1. The van der Waals surface area contributed by atoms with Gasteiger partial charge in [-0.2, -0.15) is 10.4 Å². The van der Waals surface area contributed by atoms with E-state index in [4.69, 9.17) is 0 Å². The number of H-pyrrole nitrogens is 2. The molecule has 0 saturated carbocycles. The molecule has 0 amide bonds. The zero-order valence-corrected chi connectivity index (χ0v) is 11.6. The van der Waals surface area contributed by atoms with Gasteiger partial charge in [-0.05, 0) is 12.1 Å². The number of hydrogen-bond donors (Lipinski definition) is 3. The summed E-state index contributed by atoms with van der Waals surface area (Å²) in [5.74, 6) is 0.502. The molecular weight excluding hydrogens is 288 g/mol. The minimum Gasteiger partial charge on any atom is -0.510 e. The Labute approximate surface area is 123 Å². The first-order chi connectivity index (χ1) is 10.3. The van der Waals surface area contributed by atoms with Crippen LogP contribution in [0, 0.1) is 11.3 Å². The van der Waals surface area contributed by atoms with Gasteiger partial charge in [-0.3, -0.25) is 5.10 Å². The molecule has 0 radical (unpaired) electrons. The van der Waals surface area contributed by atoms with Crippen molar-refractivity contribution in [1.29, 1.82) is 5.26 Å². The van der Waals surface area contributed by atoms with Crippen LogP contribution in [0.4, 0.5) is 0 Å². The largest absolute Gasteiger partial charge is 0.510 e. The lowest BCUT2D eigenvalue weighted by Crippen LogP contribution is -1.95. The minimum atomic E-state index is -0.0574. The summed E-state index contributed by atoms with van der Waals surface area (Å²) in [6.45, 7) is 0. The van der Waals surface area contributed by atoms with Gasteiger partial charge < -0.3 is 10.1 Å². The van der Waals surface area contributed by atoms with Crippen molar-refractivity contribution in [2.45, 2.75) is 5.16 Å². The molecule has 0 aliphatic carbocycles. The molecule has 2 aromatic heterocycles. The van der Waals surface area contributed by atoms with Crippen molar-refractivity contribution < 1.29 is 5.11 Å². The quantitative estimate of drug-likeness (QED) is 0.387. The topological polar surface area (TPSA) is 114 Å². The van der Waals surface area contributed by atoms with Crippen LogP contribution in [0.1, 0.15) is 5.82 Å². The Morgan fingerprint density at radius 2 is 2.24 bits per heavy atom. The fourth-order valence-corrected chi connectivity index (χ4v) is 2.45. The van der Waals surface area contributed by atoms with Crippen molar-refractivity contribution >= 4 is 28.4 Å². The summed E-state index contributed by atoms with van der Waals surface area (Å²) < 4.78 is 0. The maximum atomic E-state index is 10.1. The molecule has 1 aromatic carbocycles. The normalized spacial score (nSPS) is 12.1. The summed E-state index contributed by atoms with van der Waals surface area (Å²) in [6, 6.07) is 9.42. The van der Waals surface area contributed by atoms with Crippen LogP contribution in [0.5, 0.6) is 0 Å². The lowest BCUT2D eigenvalue weighted by atomic mass is 10.2. The van der Waals surface area contributed by atoms with Crippen molar-refractivity contribution in [2.75, 3.05) is 5.75 Å². The van der Waals surface area contributed by atoms with Gasteiger partial charge in [0, 0.05) is 0 Å². The highest BCUT2D eigenvalue weighted by Crippen LogP contribution is 2.22. The average molecular weight is 298 g/mol. The lowest BCUT2D eigenvalue weighted by Gasteiger charge is -2.00. The van der Waals surface area contributed by atoms with E-state index in [9.17, 15) is 10.4 Å². The summed E-state index contributed by atoms with van der Waals surface area (Å²) in [5, 5.41) is 26.3. The van der Waals surface area contributed by atoms with Gasteiger partial charge in [0.05, 0.1) is 16.8 Å². The number of aliphatic hydroxyl groups is 1. The summed E-state index contributed by atoms with van der Waals surface area (Å²) in [7, 11) is 0. The Kier molecular flexibility index (Phi) is 3.57. The second kappa shape index (κ2) is 5.68. The first-order valence-corrected chi connectivity index (χ1v) is 7.02. The van der Waals surface area contributed by atoms with Gasteiger partial charge in [0.15, 0.2) is 11.0 Å². The van der Waals surface area contributed by atoms with Crippen LogP contribution in [-0.4, -0.2) is 36.0 Å². The zero-order valence-electron chi connectivity index (χ0n) is 10.7. The molecule has 2 heterocycles. The number of thioether (sulfide) groups is 1. The van der Waals surface area contributed by atoms with Gasteiger partial charge in [0.1, 0.15) is 23.7 Å². The van der Waals surface area contributed by atoms with E-state index in [0.29, 0.717) is 11.0 Å². The molecule has 0 unspecified atom stereocenters. The lowest BCUT2D eigenvalue weighted by molar-refractivity contribution is 0.420. The van der Waals surface area contributed by atoms with Crippen LogP contribution in [0.2, 0.25) is 0 Å². The number of imidazole rings is 1. The number of nitrogens with zero attached hydrogens (tertiary/aromatic N) is 4. The van der Waals surface area contributed by atoms with Crippen molar-refractivity contribution in [3.63, 3.8) is 0 Å². The molecule has 0 aliphatic heterocycles. The summed E-state index contributed by atoms with van der Waals surface area (Å²) in [6.07, 6.45) is 1.38. The van der Waals surface area contributed by atoms with Gasteiger partial charge in [0.2, 0.25) is 0 Å². The van der Waals surface area contributed by atoms with Crippen LogP contribution in [0.15, 0.2) is 41.5 Å². The minimum absolute atomic E-state index is 0.0574. The molecule has 0 spiro atoms. The Balaban J connectivity index is 1.89. The van der Waals surface area contributed by atoms with E-state index in [2.05, 4.69) is 25.1 Å². The number of nitrogens with one attached hydrogen (secondary N) is 2. The fraction of sp³-hybridized carbons (Fsp3) is 0.0769. The Morgan fingerprint density at radius 3 is 2.95 bits per heavy atom. The number of allylic oxidation sites excluding steroid dienone is 1. The molecule has 21 heavy (non-hydrogen) atoms. The van der Waals surface area contributed by atoms with E-state index in [1.807, 2.05) is 30.3 Å². The highest BCUT2D eigenvalue weighted by atomic mass is 32.2. The first-order valence-electron chi connectivity index (χ1n) is 6.03. The number of aliphatic hydroxyl groups excluding tert-OH is 1. The summed E-state index contributed by atoms with van der Waals surface area (Å²) >= 11 is 1.25. The van der Waals surface area contributed by atoms with Crippen LogP contribution in [-0.2, 0) is 0 Å². The smallest absolute Gasteiger partial charge is 0.183 e. The first kappa shape index (κ1) is 13.2. The predicted octanol–water partition coefficient (Wildman–Crippen LogP) is 2.27. The van der Waals surface area contributed by atoms with E-state index < -0.39 is 0 Å². The molecule has 0 saturated heterocycles. The fourth-order valence-electron chi connectivity index (χ4n) is 1.80. The molecule has 7 nitrogen and oxygen atoms in total. The maximum absolute atomic E-state index is 10.1. The molecule has 3 rings (SSSR count). The van der Waals surface area contributed by atoms with E-state index in [-0.39, 0.29) is 17.1 Å². The highest BCUT2D eigenvalue weighted by Gasteiger charge is 2.13. The van der Waals surface area contributed by atoms with Gasteiger partial charge in [-0.1, -0.05) is 23.9 Å². The molecule has 0 aliphatic rings. The molecular formula is C13H10N6OS. The zero-order chi connectivity index (χ0) is 14.7. The average Bonchev–Trinajstić information content (AvgIpc) is 3.15. The predicted molar refractivity (Wildman–Crippen MR) is 78.4 cm³/mol. The number of aromatic amines is 2. The van der Waals surface area contributed by atoms with Crippen LogP contribution in [0.3, 0.4) is 0 Å². The van der Waals surface area contributed by atoms with Crippen molar-refractivity contribution in [1.82, 2.24) is 25.1 Å². The number of para-hydroxylation sites is 2. The van der Waals surface area contributed by atoms with Gasteiger partial charge >= 0.3 is 0 Å². The molecule has 3 N–H and O–H groups in total. The third-order valence-corrected chi connectivity index (χ3v) is 3.65.